The van der Waals surface area contributed by atoms with Crippen molar-refractivity contribution in [3.8, 4) is 0 Å². The van der Waals surface area contributed by atoms with Crippen molar-refractivity contribution in [3.63, 3.8) is 0 Å². The predicted molar refractivity (Wildman–Crippen MR) is 77.1 cm³/mol. The minimum absolute atomic E-state index is 0.00779. The molecule has 1 aliphatic heterocycles. The molecule has 1 aliphatic carbocycles. The average molecular weight is 306 g/mol. The molecule has 0 bridgehead atoms. The molecule has 0 amide bonds. The van der Waals surface area contributed by atoms with Gasteiger partial charge in [0.2, 0.25) is 0 Å². The van der Waals surface area contributed by atoms with Crippen molar-refractivity contribution in [1.29, 1.82) is 0 Å². The van der Waals surface area contributed by atoms with E-state index in [0.29, 0.717) is 17.7 Å². The Bertz CT molecular complexity index is 729. The maximum absolute atomic E-state index is 11.9. The number of imidazole rings is 1. The van der Waals surface area contributed by atoms with Crippen molar-refractivity contribution >= 4 is 23.1 Å². The second kappa shape index (κ2) is 4.44. The fraction of sp³-hybridized carbons (Fsp3) is 0.533. The van der Waals surface area contributed by atoms with Gasteiger partial charge in [0, 0.05) is 23.7 Å². The maximum atomic E-state index is 11.9. The van der Waals surface area contributed by atoms with Crippen LogP contribution in [0.1, 0.15) is 32.0 Å². The first-order chi connectivity index (χ1) is 10.1. The Labute approximate surface area is 127 Å². The van der Waals surface area contributed by atoms with Gasteiger partial charge in [-0.25, -0.2) is 9.97 Å². The van der Waals surface area contributed by atoms with Gasteiger partial charge in [-0.15, -0.1) is 0 Å². The van der Waals surface area contributed by atoms with Gasteiger partial charge >= 0.3 is 5.97 Å². The molecule has 110 valence electrons. The lowest BCUT2D eigenvalue weighted by Crippen LogP contribution is -2.37. The normalized spacial score (nSPS) is 32.2. The standard InChI is InChI=1S/C15H16ClN3O2/c1-15(3-2-9-8-21-13(20)10(9)6-15)14-18-7-11-12(16)17-4-5-19(11)14/h4-5,7,9-10H,2-3,6,8H2,1H3/t9-,10?,15+/m1/s1. The zero-order valence-electron chi connectivity index (χ0n) is 11.8. The van der Waals surface area contributed by atoms with Gasteiger partial charge < -0.3 is 4.74 Å². The third kappa shape index (κ3) is 1.87. The summed E-state index contributed by atoms with van der Waals surface area (Å²) in [4.78, 5) is 20.6. The van der Waals surface area contributed by atoms with Crippen LogP contribution in [0.4, 0.5) is 0 Å². The predicted octanol–water partition coefficient (Wildman–Crippen LogP) is 2.61. The van der Waals surface area contributed by atoms with Crippen LogP contribution in [0.2, 0.25) is 5.15 Å². The summed E-state index contributed by atoms with van der Waals surface area (Å²) < 4.78 is 7.22. The smallest absolute Gasteiger partial charge is 0.309 e. The van der Waals surface area contributed by atoms with E-state index in [0.717, 1.165) is 30.6 Å². The van der Waals surface area contributed by atoms with Crippen molar-refractivity contribution in [1.82, 2.24) is 14.4 Å². The van der Waals surface area contributed by atoms with Crippen LogP contribution in [0.25, 0.3) is 5.52 Å². The first-order valence-corrected chi connectivity index (χ1v) is 7.61. The molecule has 0 radical (unpaired) electrons. The Morgan fingerprint density at radius 3 is 3.19 bits per heavy atom. The molecule has 2 aliphatic rings. The van der Waals surface area contributed by atoms with E-state index in [-0.39, 0.29) is 17.3 Å². The van der Waals surface area contributed by atoms with Crippen LogP contribution in [0.5, 0.6) is 0 Å². The van der Waals surface area contributed by atoms with Crippen molar-refractivity contribution in [2.24, 2.45) is 11.8 Å². The molecule has 2 aromatic heterocycles. The quantitative estimate of drug-likeness (QED) is 0.760. The minimum atomic E-state index is -0.137. The molecule has 4 rings (SSSR count). The number of fused-ring (bicyclic) bond motifs is 2. The highest BCUT2D eigenvalue weighted by molar-refractivity contribution is 6.32. The summed E-state index contributed by atoms with van der Waals surface area (Å²) in [5.74, 6) is 1.29. The average Bonchev–Trinajstić information content (AvgIpc) is 3.05. The van der Waals surface area contributed by atoms with Gasteiger partial charge in [-0.1, -0.05) is 18.5 Å². The zero-order chi connectivity index (χ0) is 14.6. The molecule has 3 heterocycles. The van der Waals surface area contributed by atoms with Gasteiger partial charge in [0.1, 0.15) is 11.3 Å². The third-order valence-electron chi connectivity index (χ3n) is 5.00. The molecule has 3 atom stereocenters. The van der Waals surface area contributed by atoms with Gasteiger partial charge in [0.05, 0.1) is 18.7 Å². The van der Waals surface area contributed by atoms with Gasteiger partial charge in [-0.05, 0) is 19.3 Å². The summed E-state index contributed by atoms with van der Waals surface area (Å²) >= 11 is 6.12. The Kier molecular flexibility index (Phi) is 2.76. The number of carbonyl (C=O) groups is 1. The monoisotopic (exact) mass is 305 g/mol. The van der Waals surface area contributed by atoms with E-state index in [1.165, 1.54) is 0 Å². The number of carbonyl (C=O) groups excluding carboxylic acids is 1. The SMILES string of the molecule is C[C@]1(c2ncc3c(Cl)nccn23)CC[C@@H]2COC(=O)C2C1. The van der Waals surface area contributed by atoms with Crippen LogP contribution >= 0.6 is 11.6 Å². The van der Waals surface area contributed by atoms with Crippen molar-refractivity contribution in [2.45, 2.75) is 31.6 Å². The first kappa shape index (κ1) is 13.1. The molecule has 1 unspecified atom stereocenters. The van der Waals surface area contributed by atoms with E-state index < -0.39 is 0 Å². The number of halogens is 1. The fourth-order valence-corrected chi connectivity index (χ4v) is 3.97. The van der Waals surface area contributed by atoms with Crippen LogP contribution < -0.4 is 0 Å². The van der Waals surface area contributed by atoms with Gasteiger partial charge in [0.15, 0.2) is 5.15 Å². The van der Waals surface area contributed by atoms with Crippen LogP contribution in [0.3, 0.4) is 0 Å². The van der Waals surface area contributed by atoms with E-state index >= 15 is 0 Å². The molecule has 21 heavy (non-hydrogen) atoms. The molecule has 0 aromatic carbocycles. The lowest BCUT2D eigenvalue weighted by atomic mass is 9.66. The number of hydrogen-bond acceptors (Lipinski definition) is 4. The Hall–Kier alpha value is -1.62. The molecule has 1 saturated heterocycles. The number of rotatable bonds is 1. The Morgan fingerprint density at radius 1 is 1.48 bits per heavy atom. The number of aromatic nitrogens is 3. The largest absolute Gasteiger partial charge is 0.465 e. The first-order valence-electron chi connectivity index (χ1n) is 7.23. The van der Waals surface area contributed by atoms with Gasteiger partial charge in [0.25, 0.3) is 0 Å². The number of hydrogen-bond donors (Lipinski definition) is 0. The number of ether oxygens (including phenoxy) is 1. The summed E-state index contributed by atoms with van der Waals surface area (Å²) in [5, 5.41) is 0.453. The van der Waals surface area contributed by atoms with Crippen LogP contribution in [0, 0.1) is 11.8 Å². The fourth-order valence-electron chi connectivity index (χ4n) is 3.78. The summed E-state index contributed by atoms with van der Waals surface area (Å²) in [5.41, 5.74) is 0.674. The Morgan fingerprint density at radius 2 is 2.33 bits per heavy atom. The van der Waals surface area contributed by atoms with E-state index in [1.807, 2.05) is 10.6 Å². The molecule has 2 aromatic rings. The van der Waals surface area contributed by atoms with Crippen molar-refractivity contribution in [2.75, 3.05) is 6.61 Å². The molecule has 1 saturated carbocycles. The summed E-state index contributed by atoms with van der Waals surface area (Å²) in [6.45, 7) is 2.76. The van der Waals surface area contributed by atoms with Gasteiger partial charge in [-0.3, -0.25) is 9.20 Å². The van der Waals surface area contributed by atoms with Crippen LogP contribution in [0.15, 0.2) is 18.6 Å². The van der Waals surface area contributed by atoms with E-state index in [9.17, 15) is 4.79 Å². The molecule has 6 heteroatoms. The minimum Gasteiger partial charge on any atom is -0.465 e. The highest BCUT2D eigenvalue weighted by Gasteiger charge is 2.48. The summed E-state index contributed by atoms with van der Waals surface area (Å²) in [6, 6.07) is 0. The van der Waals surface area contributed by atoms with E-state index in [4.69, 9.17) is 16.3 Å². The second-order valence-electron chi connectivity index (χ2n) is 6.36. The molecule has 0 N–H and O–H groups in total. The second-order valence-corrected chi connectivity index (χ2v) is 6.71. The summed E-state index contributed by atoms with van der Waals surface area (Å²) in [6.07, 6.45) is 8.11. The van der Waals surface area contributed by atoms with Crippen LogP contribution in [-0.2, 0) is 14.9 Å². The third-order valence-corrected chi connectivity index (χ3v) is 5.29. The van der Waals surface area contributed by atoms with Crippen molar-refractivity contribution in [3.05, 3.63) is 29.6 Å². The van der Waals surface area contributed by atoms with Crippen LogP contribution in [-0.4, -0.2) is 26.9 Å². The topological polar surface area (TPSA) is 56.5 Å². The zero-order valence-corrected chi connectivity index (χ0v) is 12.5. The highest BCUT2D eigenvalue weighted by Crippen LogP contribution is 2.46. The number of esters is 1. The molecule has 5 nitrogen and oxygen atoms in total. The maximum Gasteiger partial charge on any atom is 0.309 e. The molecular weight excluding hydrogens is 290 g/mol. The number of cyclic esters (lactones) is 1. The van der Waals surface area contributed by atoms with Crippen molar-refractivity contribution < 1.29 is 9.53 Å². The summed E-state index contributed by atoms with van der Waals surface area (Å²) in [7, 11) is 0. The van der Waals surface area contributed by atoms with Gasteiger partial charge in [-0.2, -0.15) is 0 Å². The lowest BCUT2D eigenvalue weighted by Gasteiger charge is -2.37. The molecule has 2 fully saturated rings. The lowest BCUT2D eigenvalue weighted by molar-refractivity contribution is -0.142. The highest BCUT2D eigenvalue weighted by atomic mass is 35.5. The number of nitrogens with zero attached hydrogens (tertiary/aromatic N) is 3. The Balaban J connectivity index is 1.77. The molecular formula is C15H16ClN3O2. The van der Waals surface area contributed by atoms with E-state index in [2.05, 4.69) is 16.9 Å². The van der Waals surface area contributed by atoms with E-state index in [1.54, 1.807) is 12.4 Å². The molecule has 0 spiro atoms.